The highest BCUT2D eigenvalue weighted by Crippen LogP contribution is 2.18. The number of aliphatic hydroxyl groups excluding tert-OH is 5. The molecule has 0 unspecified atom stereocenters. The molecule has 0 amide bonds. The number of hydrogen-bond acceptors (Lipinski definition) is 6. The number of rotatable bonds is 1. The molecular weight excluding hydrogens is 168 g/mol. The van der Waals surface area contributed by atoms with Crippen LogP contribution in [0.2, 0.25) is 0 Å². The summed E-state index contributed by atoms with van der Waals surface area (Å²) in [7, 11) is 0. The second-order valence-electron chi connectivity index (χ2n) is 2.72. The fraction of sp³-hybridized carbons (Fsp3) is 1.00. The van der Waals surface area contributed by atoms with Gasteiger partial charge in [-0.25, -0.2) is 0 Å². The van der Waals surface area contributed by atoms with Gasteiger partial charge < -0.3 is 30.3 Å². The van der Waals surface area contributed by atoms with E-state index in [1.54, 1.807) is 0 Å². The van der Waals surface area contributed by atoms with Crippen molar-refractivity contribution in [1.82, 2.24) is 0 Å². The van der Waals surface area contributed by atoms with E-state index in [2.05, 4.69) is 4.74 Å². The van der Waals surface area contributed by atoms with Crippen LogP contribution in [0.5, 0.6) is 0 Å². The molecule has 5 N–H and O–H groups in total. The Bertz CT molecular complexity index is 146. The highest BCUT2D eigenvalue weighted by Gasteiger charge is 2.42. The lowest BCUT2D eigenvalue weighted by molar-refractivity contribution is -0.286. The van der Waals surface area contributed by atoms with Crippen LogP contribution in [0, 0.1) is 0 Å². The quantitative estimate of drug-likeness (QED) is 0.290. The highest BCUT2D eigenvalue weighted by atomic mass is 16.6. The summed E-state index contributed by atoms with van der Waals surface area (Å²) in [6, 6.07) is 0. The van der Waals surface area contributed by atoms with Gasteiger partial charge in [-0.05, 0) is 0 Å². The van der Waals surface area contributed by atoms with Crippen LogP contribution in [0.4, 0.5) is 0 Å². The first-order chi connectivity index (χ1) is 5.57. The predicted octanol–water partition coefficient (Wildman–Crippen LogP) is -3.22. The summed E-state index contributed by atoms with van der Waals surface area (Å²) < 4.78 is 4.58. The SMILES string of the molecule is OC[C@@H]1O[C@H](O)[C@@H](O)[C@H](O)[C@@H]1O. The average Bonchev–Trinajstić information content (AvgIpc) is 2.08. The molecule has 6 nitrogen and oxygen atoms in total. The van der Waals surface area contributed by atoms with Crippen molar-refractivity contribution in [3.63, 3.8) is 0 Å². The maximum atomic E-state index is 9.12. The van der Waals surface area contributed by atoms with Crippen LogP contribution in [0.25, 0.3) is 0 Å². The molecule has 12 heavy (non-hydrogen) atoms. The maximum Gasteiger partial charge on any atom is 0.184 e. The minimum absolute atomic E-state index is 0.526. The van der Waals surface area contributed by atoms with E-state index in [9.17, 15) is 0 Å². The summed E-state index contributed by atoms with van der Waals surface area (Å²) in [5.74, 6) is 0. The molecular formula is C6H12O6. The minimum atomic E-state index is -1.57. The molecule has 1 heterocycles. The van der Waals surface area contributed by atoms with Crippen LogP contribution in [-0.4, -0.2) is 62.8 Å². The van der Waals surface area contributed by atoms with Crippen molar-refractivity contribution in [2.24, 2.45) is 0 Å². The Hall–Kier alpha value is -0.240. The van der Waals surface area contributed by atoms with Gasteiger partial charge in [-0.15, -0.1) is 0 Å². The van der Waals surface area contributed by atoms with Crippen molar-refractivity contribution < 1.29 is 30.3 Å². The first-order valence-corrected chi connectivity index (χ1v) is 3.56. The third-order valence-corrected chi connectivity index (χ3v) is 1.87. The summed E-state index contributed by atoms with van der Waals surface area (Å²) in [5.41, 5.74) is 0. The van der Waals surface area contributed by atoms with E-state index < -0.39 is 37.3 Å². The van der Waals surface area contributed by atoms with Gasteiger partial charge in [0, 0.05) is 0 Å². The van der Waals surface area contributed by atoms with Gasteiger partial charge in [0.05, 0.1) is 6.61 Å². The van der Waals surface area contributed by atoms with Gasteiger partial charge in [0.1, 0.15) is 24.4 Å². The maximum absolute atomic E-state index is 9.12. The normalized spacial score (nSPS) is 49.2. The Morgan fingerprint density at radius 3 is 2.00 bits per heavy atom. The van der Waals surface area contributed by atoms with Crippen molar-refractivity contribution >= 4 is 0 Å². The molecule has 1 saturated heterocycles. The van der Waals surface area contributed by atoms with Crippen molar-refractivity contribution in [2.45, 2.75) is 30.7 Å². The van der Waals surface area contributed by atoms with Crippen LogP contribution >= 0.6 is 0 Å². The van der Waals surface area contributed by atoms with Crippen LogP contribution in [0.15, 0.2) is 0 Å². The summed E-state index contributed by atoms with van der Waals surface area (Å²) in [6.45, 7) is -0.526. The van der Waals surface area contributed by atoms with E-state index in [4.69, 9.17) is 25.5 Å². The largest absolute Gasteiger partial charge is 0.394 e. The number of hydrogen-bond donors (Lipinski definition) is 5. The molecule has 72 valence electrons. The van der Waals surface area contributed by atoms with Gasteiger partial charge in [-0.3, -0.25) is 0 Å². The topological polar surface area (TPSA) is 110 Å². The smallest absolute Gasteiger partial charge is 0.184 e. The Kier molecular flexibility index (Phi) is 2.99. The van der Waals surface area contributed by atoms with Crippen LogP contribution in [-0.2, 0) is 4.74 Å². The third kappa shape index (κ3) is 1.58. The van der Waals surface area contributed by atoms with E-state index in [1.807, 2.05) is 0 Å². The zero-order valence-corrected chi connectivity index (χ0v) is 6.24. The molecule has 1 fully saturated rings. The van der Waals surface area contributed by atoms with Crippen molar-refractivity contribution in [3.05, 3.63) is 0 Å². The van der Waals surface area contributed by atoms with Gasteiger partial charge >= 0.3 is 0 Å². The van der Waals surface area contributed by atoms with Gasteiger partial charge in [-0.1, -0.05) is 0 Å². The zero-order chi connectivity index (χ0) is 9.30. The molecule has 0 aromatic heterocycles. The van der Waals surface area contributed by atoms with Gasteiger partial charge in [0.2, 0.25) is 0 Å². The van der Waals surface area contributed by atoms with Crippen molar-refractivity contribution in [2.75, 3.05) is 6.61 Å². The van der Waals surface area contributed by atoms with E-state index in [0.717, 1.165) is 0 Å². The molecule has 1 rings (SSSR count). The number of ether oxygens (including phenoxy) is 1. The number of aliphatic hydroxyl groups is 5. The predicted molar refractivity (Wildman–Crippen MR) is 36.0 cm³/mol. The minimum Gasteiger partial charge on any atom is -0.394 e. The standard InChI is InChI=1S/C6H12O6/c7-1-2-3(8)4(9)5(10)6(11)12-2/h2-11H,1H2/t2-,3+,4+,5-,6-/m0/s1. The molecule has 0 aromatic rings. The third-order valence-electron chi connectivity index (χ3n) is 1.87. The van der Waals surface area contributed by atoms with Crippen LogP contribution in [0.3, 0.4) is 0 Å². The lowest BCUT2D eigenvalue weighted by Crippen LogP contribution is -2.58. The molecule has 0 bridgehead atoms. The average molecular weight is 180 g/mol. The first kappa shape index (κ1) is 9.85. The molecule has 0 radical (unpaired) electrons. The molecule has 1 aliphatic rings. The van der Waals surface area contributed by atoms with Crippen molar-refractivity contribution in [1.29, 1.82) is 0 Å². The Morgan fingerprint density at radius 1 is 0.917 bits per heavy atom. The van der Waals surface area contributed by atoms with Gasteiger partial charge in [0.25, 0.3) is 0 Å². The first-order valence-electron chi connectivity index (χ1n) is 3.56. The molecule has 6 heteroatoms. The lowest BCUT2D eigenvalue weighted by Gasteiger charge is -2.37. The molecule has 1 aliphatic heterocycles. The summed E-state index contributed by atoms with van der Waals surface area (Å²) in [6.07, 6.45) is -7.04. The summed E-state index contributed by atoms with van der Waals surface area (Å²) in [4.78, 5) is 0. The second-order valence-corrected chi connectivity index (χ2v) is 2.72. The highest BCUT2D eigenvalue weighted by molar-refractivity contribution is 4.87. The Morgan fingerprint density at radius 2 is 1.50 bits per heavy atom. The molecule has 0 saturated carbocycles. The fourth-order valence-electron chi connectivity index (χ4n) is 1.08. The van der Waals surface area contributed by atoms with Crippen LogP contribution < -0.4 is 0 Å². The second kappa shape index (κ2) is 3.65. The van der Waals surface area contributed by atoms with E-state index in [1.165, 1.54) is 0 Å². The molecule has 5 atom stereocenters. The Balaban J connectivity index is 2.63. The molecule has 0 aromatic carbocycles. The van der Waals surface area contributed by atoms with Gasteiger partial charge in [-0.2, -0.15) is 0 Å². The van der Waals surface area contributed by atoms with E-state index in [-0.39, 0.29) is 0 Å². The summed E-state index contributed by atoms with van der Waals surface area (Å²) >= 11 is 0. The van der Waals surface area contributed by atoms with E-state index >= 15 is 0 Å². The monoisotopic (exact) mass is 180 g/mol. The molecule has 0 aliphatic carbocycles. The molecule has 0 spiro atoms. The lowest BCUT2D eigenvalue weighted by atomic mass is 10.00. The van der Waals surface area contributed by atoms with Crippen molar-refractivity contribution in [3.8, 4) is 0 Å². The zero-order valence-electron chi connectivity index (χ0n) is 6.24. The summed E-state index contributed by atoms with van der Waals surface area (Å²) in [5, 5.41) is 44.7. The van der Waals surface area contributed by atoms with E-state index in [0.29, 0.717) is 0 Å². The fourth-order valence-corrected chi connectivity index (χ4v) is 1.08. The van der Waals surface area contributed by atoms with Gasteiger partial charge in [0.15, 0.2) is 6.29 Å². The Labute approximate surface area is 68.6 Å². The van der Waals surface area contributed by atoms with Crippen LogP contribution in [0.1, 0.15) is 0 Å².